The van der Waals surface area contributed by atoms with E-state index in [1.165, 1.54) is 0 Å². The molecular formula is C23H20N4O5. The second-order valence-electron chi connectivity index (χ2n) is 6.59. The van der Waals surface area contributed by atoms with Crippen molar-refractivity contribution in [3.8, 4) is 45.9 Å². The summed E-state index contributed by atoms with van der Waals surface area (Å²) in [6.45, 7) is 0. The largest absolute Gasteiger partial charge is 0.508 e. The number of hydrogen-bond acceptors (Lipinski definition) is 9. The Morgan fingerprint density at radius 2 is 1.19 bits per heavy atom. The fraction of sp³-hybridized carbons (Fsp3) is 0.130. The van der Waals surface area contributed by atoms with E-state index in [-0.39, 0.29) is 5.75 Å². The average Bonchev–Trinajstić information content (AvgIpc) is 3.33. The predicted molar refractivity (Wildman–Crippen MR) is 117 cm³/mol. The molecule has 0 bridgehead atoms. The number of ether oxygens (including phenoxy) is 3. The summed E-state index contributed by atoms with van der Waals surface area (Å²) in [4.78, 5) is 0. The van der Waals surface area contributed by atoms with Crippen LogP contribution in [0.2, 0.25) is 0 Å². The number of phenols is 1. The van der Waals surface area contributed by atoms with Crippen LogP contribution < -0.4 is 14.2 Å². The summed E-state index contributed by atoms with van der Waals surface area (Å²) in [7, 11) is 4.63. The first-order valence-corrected chi connectivity index (χ1v) is 9.56. The Bertz CT molecular complexity index is 1210. The number of methoxy groups -OCH3 is 3. The van der Waals surface area contributed by atoms with Crippen molar-refractivity contribution in [2.75, 3.05) is 21.3 Å². The van der Waals surface area contributed by atoms with Gasteiger partial charge in [-0.05, 0) is 60.7 Å². The third kappa shape index (κ3) is 4.36. The van der Waals surface area contributed by atoms with Gasteiger partial charge in [-0.15, -0.1) is 10.2 Å². The first kappa shape index (κ1) is 20.9. The van der Waals surface area contributed by atoms with Crippen molar-refractivity contribution in [2.24, 2.45) is 10.2 Å². The third-order valence-electron chi connectivity index (χ3n) is 4.58. The first-order chi connectivity index (χ1) is 15.6. The minimum Gasteiger partial charge on any atom is -0.508 e. The third-order valence-corrected chi connectivity index (χ3v) is 4.58. The summed E-state index contributed by atoms with van der Waals surface area (Å²) in [5, 5.41) is 25.9. The second-order valence-corrected chi connectivity index (χ2v) is 6.59. The van der Waals surface area contributed by atoms with Gasteiger partial charge in [-0.3, -0.25) is 0 Å². The fourth-order valence-electron chi connectivity index (χ4n) is 2.97. The topological polar surface area (TPSA) is 112 Å². The average molecular weight is 432 g/mol. The number of aromatic nitrogens is 2. The van der Waals surface area contributed by atoms with Gasteiger partial charge in [0.05, 0.1) is 32.7 Å². The number of phenolic OH excluding ortho intramolecular Hbond substituents is 1. The molecule has 9 nitrogen and oxygen atoms in total. The van der Waals surface area contributed by atoms with Gasteiger partial charge in [-0.1, -0.05) is 0 Å². The van der Waals surface area contributed by atoms with Crippen LogP contribution in [-0.2, 0) is 0 Å². The quantitative estimate of drug-likeness (QED) is 0.381. The maximum absolute atomic E-state index is 9.32. The number of azo groups is 1. The van der Waals surface area contributed by atoms with Crippen LogP contribution in [0.5, 0.6) is 23.0 Å². The van der Waals surface area contributed by atoms with Crippen molar-refractivity contribution >= 4 is 11.4 Å². The fourth-order valence-corrected chi connectivity index (χ4v) is 2.97. The van der Waals surface area contributed by atoms with E-state index >= 15 is 0 Å². The Morgan fingerprint density at radius 1 is 0.688 bits per heavy atom. The van der Waals surface area contributed by atoms with Gasteiger partial charge in [0, 0.05) is 11.1 Å². The molecule has 1 N–H and O–H groups in total. The van der Waals surface area contributed by atoms with Crippen LogP contribution in [0.1, 0.15) is 0 Å². The van der Waals surface area contributed by atoms with Gasteiger partial charge < -0.3 is 23.7 Å². The van der Waals surface area contributed by atoms with Crippen molar-refractivity contribution < 1.29 is 23.7 Å². The number of benzene rings is 3. The molecule has 0 atom stereocenters. The number of nitrogens with zero attached hydrogens (tertiary/aromatic N) is 4. The van der Waals surface area contributed by atoms with Crippen molar-refractivity contribution in [1.82, 2.24) is 10.2 Å². The molecule has 0 fully saturated rings. The van der Waals surface area contributed by atoms with Gasteiger partial charge in [-0.25, -0.2) is 0 Å². The standard InChI is InChI=1S/C23H20N4O5/c1-29-19-12-15(13-20(30-2)21(19)31-3)23-27-26-22(32-23)14-4-6-16(7-5-14)24-25-17-8-10-18(28)11-9-17/h4-13,28H,1-3H3. The molecule has 0 saturated carbocycles. The van der Waals surface area contributed by atoms with E-state index in [1.54, 1.807) is 69.9 Å². The molecule has 162 valence electrons. The van der Waals surface area contributed by atoms with Crippen molar-refractivity contribution in [1.29, 1.82) is 0 Å². The summed E-state index contributed by atoms with van der Waals surface area (Å²) in [5.74, 6) is 2.32. The number of hydrogen-bond donors (Lipinski definition) is 1. The highest BCUT2D eigenvalue weighted by Crippen LogP contribution is 2.41. The normalized spacial score (nSPS) is 11.0. The number of rotatable bonds is 7. The molecule has 4 aromatic rings. The lowest BCUT2D eigenvalue weighted by molar-refractivity contribution is 0.324. The van der Waals surface area contributed by atoms with Gasteiger partial charge in [0.15, 0.2) is 11.5 Å². The van der Waals surface area contributed by atoms with E-state index in [0.717, 1.165) is 5.56 Å². The molecule has 0 aliphatic rings. The van der Waals surface area contributed by atoms with Gasteiger partial charge in [0.2, 0.25) is 17.5 Å². The Kier molecular flexibility index (Phi) is 5.98. The molecule has 1 aromatic heterocycles. The van der Waals surface area contributed by atoms with E-state index in [0.29, 0.717) is 46.0 Å². The van der Waals surface area contributed by atoms with Crippen LogP contribution in [0.3, 0.4) is 0 Å². The molecule has 0 unspecified atom stereocenters. The Balaban J connectivity index is 1.55. The van der Waals surface area contributed by atoms with Gasteiger partial charge in [0.1, 0.15) is 5.75 Å². The van der Waals surface area contributed by atoms with Gasteiger partial charge >= 0.3 is 0 Å². The van der Waals surface area contributed by atoms with Crippen molar-refractivity contribution in [3.63, 3.8) is 0 Å². The second kappa shape index (κ2) is 9.17. The zero-order valence-corrected chi connectivity index (χ0v) is 17.6. The SMILES string of the molecule is COc1cc(-c2nnc(-c3ccc(N=Nc4ccc(O)cc4)cc3)o2)cc(OC)c1OC. The highest BCUT2D eigenvalue weighted by molar-refractivity contribution is 5.67. The highest BCUT2D eigenvalue weighted by atomic mass is 16.5. The van der Waals surface area contributed by atoms with Crippen LogP contribution in [0, 0.1) is 0 Å². The van der Waals surface area contributed by atoms with E-state index < -0.39 is 0 Å². The molecule has 1 heterocycles. The molecule has 0 amide bonds. The van der Waals surface area contributed by atoms with Gasteiger partial charge in [-0.2, -0.15) is 10.2 Å². The van der Waals surface area contributed by atoms with Crippen LogP contribution >= 0.6 is 0 Å². The minimum absolute atomic E-state index is 0.179. The Labute approximate surface area is 183 Å². The lowest BCUT2D eigenvalue weighted by atomic mass is 10.2. The van der Waals surface area contributed by atoms with Crippen LogP contribution in [0.15, 0.2) is 75.3 Å². The van der Waals surface area contributed by atoms with E-state index in [2.05, 4.69) is 20.4 Å². The van der Waals surface area contributed by atoms with E-state index in [4.69, 9.17) is 18.6 Å². The Morgan fingerprint density at radius 3 is 1.69 bits per heavy atom. The zero-order valence-electron chi connectivity index (χ0n) is 17.6. The molecule has 4 rings (SSSR count). The first-order valence-electron chi connectivity index (χ1n) is 9.56. The molecule has 0 radical (unpaired) electrons. The predicted octanol–water partition coefficient (Wildman–Crippen LogP) is 5.55. The molecule has 3 aromatic carbocycles. The van der Waals surface area contributed by atoms with Crippen LogP contribution in [-0.4, -0.2) is 36.6 Å². The van der Waals surface area contributed by atoms with Crippen molar-refractivity contribution in [2.45, 2.75) is 0 Å². The zero-order chi connectivity index (χ0) is 22.5. The monoisotopic (exact) mass is 432 g/mol. The van der Waals surface area contributed by atoms with Crippen molar-refractivity contribution in [3.05, 3.63) is 60.7 Å². The Hall–Kier alpha value is -4.40. The summed E-state index contributed by atoms with van der Waals surface area (Å²) in [6, 6.07) is 17.2. The lowest BCUT2D eigenvalue weighted by Crippen LogP contribution is -1.95. The highest BCUT2D eigenvalue weighted by Gasteiger charge is 2.18. The van der Waals surface area contributed by atoms with E-state index in [1.807, 2.05) is 12.1 Å². The molecule has 0 spiro atoms. The summed E-state index contributed by atoms with van der Waals surface area (Å²) >= 11 is 0. The maximum Gasteiger partial charge on any atom is 0.248 e. The molecule has 0 aliphatic carbocycles. The van der Waals surface area contributed by atoms with Gasteiger partial charge in [0.25, 0.3) is 0 Å². The van der Waals surface area contributed by atoms with E-state index in [9.17, 15) is 5.11 Å². The van der Waals surface area contributed by atoms with Crippen LogP contribution in [0.25, 0.3) is 22.9 Å². The lowest BCUT2D eigenvalue weighted by Gasteiger charge is -2.12. The summed E-state index contributed by atoms with van der Waals surface area (Å²) in [6.07, 6.45) is 0. The minimum atomic E-state index is 0.179. The molecule has 9 heteroatoms. The number of aromatic hydroxyl groups is 1. The summed E-state index contributed by atoms with van der Waals surface area (Å²) in [5.41, 5.74) is 2.67. The molecule has 0 saturated heterocycles. The smallest absolute Gasteiger partial charge is 0.248 e. The van der Waals surface area contributed by atoms with Crippen LogP contribution in [0.4, 0.5) is 11.4 Å². The maximum atomic E-state index is 9.32. The molecule has 0 aliphatic heterocycles. The molecular weight excluding hydrogens is 412 g/mol. The molecule has 32 heavy (non-hydrogen) atoms. The summed E-state index contributed by atoms with van der Waals surface area (Å²) < 4.78 is 22.0.